The number of ketones is 2. The van der Waals surface area contributed by atoms with Crippen molar-refractivity contribution in [3.05, 3.63) is 47.4 Å². The Kier molecular flexibility index (Phi) is 22.2. The van der Waals surface area contributed by atoms with Crippen molar-refractivity contribution in [2.24, 2.45) is 33.5 Å². The van der Waals surface area contributed by atoms with Crippen molar-refractivity contribution in [3.8, 4) is 0 Å². The van der Waals surface area contributed by atoms with Crippen LogP contribution in [-0.2, 0) is 62.9 Å². The second kappa shape index (κ2) is 20.0. The van der Waals surface area contributed by atoms with Crippen LogP contribution in [0.1, 0.15) is 103 Å². The van der Waals surface area contributed by atoms with Crippen LogP contribution in [0.3, 0.4) is 0 Å². The van der Waals surface area contributed by atoms with Gasteiger partial charge in [-0.05, 0) is 51.9 Å². The van der Waals surface area contributed by atoms with Crippen molar-refractivity contribution in [3.63, 3.8) is 0 Å². The Morgan fingerprint density at radius 1 is 0.870 bits per heavy atom. The van der Waals surface area contributed by atoms with Crippen molar-refractivity contribution in [2.45, 2.75) is 121 Å². The van der Waals surface area contributed by atoms with Crippen molar-refractivity contribution in [1.29, 1.82) is 0 Å². The van der Waals surface area contributed by atoms with E-state index in [1.54, 1.807) is 13.8 Å². The summed E-state index contributed by atoms with van der Waals surface area (Å²) in [6.45, 7) is 26.8. The second-order valence-corrected chi connectivity index (χ2v) is 15.7. The minimum atomic E-state index is -1.02. The van der Waals surface area contributed by atoms with Crippen molar-refractivity contribution >= 4 is 30.2 Å². The van der Waals surface area contributed by atoms with E-state index in [0.29, 0.717) is 11.9 Å². The number of aliphatic hydroxyl groups excluding tert-OH is 1. The summed E-state index contributed by atoms with van der Waals surface area (Å²) in [7, 11) is 0. The number of nitrogens with zero attached hydrogens (tertiary/aromatic N) is 1. The van der Waals surface area contributed by atoms with E-state index in [1.165, 1.54) is 18.2 Å². The van der Waals surface area contributed by atoms with E-state index < -0.39 is 41.1 Å². The predicted molar refractivity (Wildman–Crippen MR) is 177 cm³/mol. The molecule has 0 bridgehead atoms. The van der Waals surface area contributed by atoms with Crippen molar-refractivity contribution in [2.75, 3.05) is 0 Å². The molecule has 0 spiro atoms. The maximum atomic E-state index is 12.5. The number of cyclic esters (lactones) is 1. The maximum Gasteiger partial charge on any atom is 1.00 e. The Morgan fingerprint density at radius 2 is 1.30 bits per heavy atom. The van der Waals surface area contributed by atoms with Crippen LogP contribution in [0.25, 0.3) is 11.5 Å². The minimum absolute atomic E-state index is 0. The molecule has 1 aliphatic rings. The molecule has 0 saturated carbocycles. The molecule has 1 saturated heterocycles. The second-order valence-electron chi connectivity index (χ2n) is 15.7. The molecule has 1 heterocycles. The zero-order valence-electron chi connectivity index (χ0n) is 30.2. The number of nitrogens with two attached hydrogens (primary N) is 1. The quantitative estimate of drug-likeness (QED) is 0.132. The van der Waals surface area contributed by atoms with E-state index in [9.17, 15) is 29.1 Å². The fraction of sp³-hybridized carbons (Fsp3) is 0.686. The van der Waals surface area contributed by atoms with Crippen molar-refractivity contribution < 1.29 is 72.8 Å². The van der Waals surface area contributed by atoms with E-state index in [4.69, 9.17) is 4.74 Å². The van der Waals surface area contributed by atoms with Crippen LogP contribution >= 0.6 is 0 Å². The third-order valence-corrected chi connectivity index (χ3v) is 7.44. The van der Waals surface area contributed by atoms with Crippen LogP contribution in [0.4, 0.5) is 4.79 Å². The van der Waals surface area contributed by atoms with E-state index in [0.717, 1.165) is 6.29 Å². The van der Waals surface area contributed by atoms with Crippen LogP contribution in [-0.4, -0.2) is 53.1 Å². The number of aliphatic hydroxyl groups is 1. The topological polar surface area (TPSA) is 162 Å². The first-order valence-corrected chi connectivity index (χ1v) is 14.9. The molecule has 11 heteroatoms. The molecule has 3 N–H and O–H groups in total. The third kappa shape index (κ3) is 16.0. The number of hydrogen-bond donors (Lipinski definition) is 1. The standard InChI is InChI=1S/C18H29NO4.C17H28O3.H2N.2Ru/c1-12(13(21)8-9-16(2,3)4)14-18(10-11-20,17(5,6)7)19-15(22)23-14;1-12(14(19)8-10-16(2,3)4)15(20)13(9-11-18)17(5,6)7;;;/h8-9,11-12,14H,10H2,1-7H3,(H,19,22);8-12,15,20H,1-7H3;1H2;;/q;;-1;2*+1/p-1/b9-8+;10-8+,13-9+;;;/t12-,14?,18?;12-,15?;;;/m00.../s1. The maximum absolute atomic E-state index is 12.5. The van der Waals surface area contributed by atoms with Gasteiger partial charge < -0.3 is 26.1 Å². The molecule has 266 valence electrons. The minimum Gasteiger partial charge on any atom is -0.693 e. The molecule has 1 amide bonds. The average Bonchev–Trinajstić information content (AvgIpc) is 3.19. The number of carbonyl (C=O) groups excluding carboxylic acids is 5. The predicted octanol–water partition coefficient (Wildman–Crippen LogP) is 8.10. The first kappa shape index (κ1) is 51.2. The van der Waals surface area contributed by atoms with Crippen LogP contribution in [0.2, 0.25) is 0 Å². The van der Waals surface area contributed by atoms with Gasteiger partial charge in [0, 0.05) is 5.92 Å². The first-order chi connectivity index (χ1) is 19.2. The number of allylic oxidation sites excluding steroid dienone is 5. The molecule has 1 aliphatic heterocycles. The third-order valence-electron chi connectivity index (χ3n) is 7.44. The van der Waals surface area contributed by atoms with Gasteiger partial charge in [0.1, 0.15) is 18.7 Å². The van der Waals surface area contributed by atoms with E-state index >= 15 is 0 Å². The molecule has 5 atom stereocenters. The number of hydrogen-bond acceptors (Lipinski definition) is 7. The van der Waals surface area contributed by atoms with Crippen LogP contribution in [0, 0.1) is 33.5 Å². The summed E-state index contributed by atoms with van der Waals surface area (Å²) in [5, 5.41) is 14.5. The summed E-state index contributed by atoms with van der Waals surface area (Å²) >= 11 is 0. The monoisotopic (exact) mass is 822 g/mol. The molecule has 2 radical (unpaired) electrons. The van der Waals surface area contributed by atoms with Crippen LogP contribution < -0.4 is 0 Å². The molecule has 0 aromatic rings. The largest absolute Gasteiger partial charge is 1.00 e. The molecular formula is C35H58N2O7Ru2. The van der Waals surface area contributed by atoms with Crippen LogP contribution in [0.5, 0.6) is 0 Å². The molecule has 0 aromatic heterocycles. The average molecular weight is 821 g/mol. The van der Waals surface area contributed by atoms with E-state index in [2.05, 4.69) is 5.32 Å². The Hall–Kier alpha value is -1.66. The molecule has 0 aromatic carbocycles. The normalized spacial score (nSPS) is 20.8. The molecule has 46 heavy (non-hydrogen) atoms. The molecule has 0 aliphatic carbocycles. The summed E-state index contributed by atoms with van der Waals surface area (Å²) in [5.74, 6) is -1.40. The van der Waals surface area contributed by atoms with Gasteiger partial charge in [-0.15, -0.1) is 0 Å². The van der Waals surface area contributed by atoms with Gasteiger partial charge in [-0.1, -0.05) is 115 Å². The summed E-state index contributed by atoms with van der Waals surface area (Å²) in [5.41, 5.74) is -1.48. The SMILES string of the molecule is C[C@@H](C(=O)/C=C/C(C)(C)C)C(O)/C(=C\C=O)C(C)(C)C.C[C@@H](C(=O)/C=C/C(C)(C)C)C1OC(=O)[N-]C1(CC=O)C(C)(C)C.[NH2-].[Ru+].[Ru+]. The summed E-state index contributed by atoms with van der Waals surface area (Å²) in [6, 6.07) is 0. The Balaban J connectivity index is -0.000000363. The molecular weight excluding hydrogens is 763 g/mol. The fourth-order valence-corrected chi connectivity index (χ4v) is 4.57. The number of amides is 1. The number of carbonyl (C=O) groups is 5. The summed E-state index contributed by atoms with van der Waals surface area (Å²) < 4.78 is 5.35. The van der Waals surface area contributed by atoms with E-state index in [-0.39, 0.29) is 79.3 Å². The van der Waals surface area contributed by atoms with Gasteiger partial charge in [-0.2, -0.15) is 0 Å². The molecule has 3 unspecified atom stereocenters. The van der Waals surface area contributed by atoms with Gasteiger partial charge in [0.15, 0.2) is 11.6 Å². The van der Waals surface area contributed by atoms with Gasteiger partial charge in [0.2, 0.25) is 6.09 Å². The fourth-order valence-electron chi connectivity index (χ4n) is 4.57. The van der Waals surface area contributed by atoms with Gasteiger partial charge in [0.05, 0.1) is 12.0 Å². The summed E-state index contributed by atoms with van der Waals surface area (Å²) in [6.07, 6.45) is 7.14. The summed E-state index contributed by atoms with van der Waals surface area (Å²) in [4.78, 5) is 58.3. The Morgan fingerprint density at radius 3 is 1.65 bits per heavy atom. The van der Waals surface area contributed by atoms with Crippen LogP contribution in [0.15, 0.2) is 36.0 Å². The number of aldehydes is 2. The van der Waals surface area contributed by atoms with E-state index in [1.807, 2.05) is 95.2 Å². The molecule has 1 fully saturated rings. The smallest absolute Gasteiger partial charge is 0.693 e. The number of ether oxygens (including phenoxy) is 1. The first-order valence-electron chi connectivity index (χ1n) is 14.9. The zero-order chi connectivity index (χ0) is 34.2. The molecule has 1 rings (SSSR count). The van der Waals surface area contributed by atoms with Gasteiger partial charge in [0.25, 0.3) is 0 Å². The number of rotatable bonds is 10. The Bertz CT molecular complexity index is 1100. The Labute approximate surface area is 303 Å². The molecule has 9 nitrogen and oxygen atoms in total. The van der Waals surface area contributed by atoms with Gasteiger partial charge in [-0.25, -0.2) is 0 Å². The van der Waals surface area contributed by atoms with Gasteiger partial charge in [-0.3, -0.25) is 19.2 Å². The van der Waals surface area contributed by atoms with Crippen molar-refractivity contribution in [1.82, 2.24) is 0 Å². The zero-order valence-corrected chi connectivity index (χ0v) is 33.7. The van der Waals surface area contributed by atoms with Gasteiger partial charge >= 0.3 is 39.0 Å².